The van der Waals surface area contributed by atoms with Crippen LogP contribution in [0.4, 0.5) is 0 Å². The number of unbranched alkanes of at least 4 members (excludes halogenated alkanes) is 4. The summed E-state index contributed by atoms with van der Waals surface area (Å²) in [4.78, 5) is 5.48. The summed E-state index contributed by atoms with van der Waals surface area (Å²) in [6.07, 6.45) is 14.9. The van der Waals surface area contributed by atoms with Crippen LogP contribution in [0.5, 0.6) is 0 Å². The lowest BCUT2D eigenvalue weighted by atomic mass is 9.70. The van der Waals surface area contributed by atoms with Crippen LogP contribution >= 0.6 is 22.7 Å². The Morgan fingerprint density at radius 2 is 0.712 bits per heavy atom. The van der Waals surface area contributed by atoms with Crippen LogP contribution in [0.15, 0.2) is 109 Å². The van der Waals surface area contributed by atoms with E-state index >= 15 is 0 Å². The highest BCUT2D eigenvalue weighted by Crippen LogP contribution is 2.57. The summed E-state index contributed by atoms with van der Waals surface area (Å²) in [7, 11) is 0. The average Bonchev–Trinajstić information content (AvgIpc) is 3.98. The Morgan fingerprint density at radius 1 is 0.365 bits per heavy atom. The quantitative estimate of drug-likeness (QED) is 0.0992. The molecule has 2 heterocycles. The first kappa shape index (κ1) is 35.3. The maximum Gasteiger partial charge on any atom is 0.0449 e. The Bertz CT molecular complexity index is 2000. The van der Waals surface area contributed by atoms with Crippen LogP contribution in [0.2, 0.25) is 0 Å². The fourth-order valence-electron chi connectivity index (χ4n) is 9.71. The van der Waals surface area contributed by atoms with Gasteiger partial charge in [0, 0.05) is 30.3 Å². The van der Waals surface area contributed by atoms with Crippen LogP contribution in [0.25, 0.3) is 52.9 Å². The Balaban J connectivity index is 1.12. The van der Waals surface area contributed by atoms with E-state index in [4.69, 9.17) is 0 Å². The van der Waals surface area contributed by atoms with Gasteiger partial charge in [0.15, 0.2) is 0 Å². The molecule has 0 radical (unpaired) electrons. The van der Waals surface area contributed by atoms with Gasteiger partial charge < -0.3 is 0 Å². The highest BCUT2D eigenvalue weighted by Gasteiger charge is 2.43. The van der Waals surface area contributed by atoms with Gasteiger partial charge in [-0.15, -0.1) is 22.7 Å². The van der Waals surface area contributed by atoms with Crippen LogP contribution in [0, 0.1) is 0 Å². The molecule has 8 rings (SSSR count). The molecule has 0 fully saturated rings. The second-order valence-electron chi connectivity index (χ2n) is 15.5. The monoisotopic (exact) mass is 718 g/mol. The molecule has 0 amide bonds. The number of hydrogen-bond donors (Lipinski definition) is 0. The summed E-state index contributed by atoms with van der Waals surface area (Å²) in [6, 6.07) is 42.8. The lowest BCUT2D eigenvalue weighted by Gasteiger charge is -2.33. The van der Waals surface area contributed by atoms with Gasteiger partial charge in [0.2, 0.25) is 0 Å². The van der Waals surface area contributed by atoms with E-state index in [1.807, 2.05) is 22.7 Å². The SMILES string of the molecule is CCCCC1(CCCC)c2ccccc2-c2ccc(-c3ccc(-c4ccc(-c5ccc6c(c5)C(CCCC)(CCCC)c5ccccc5-6)s4)s3)cc21. The van der Waals surface area contributed by atoms with Crippen molar-refractivity contribution in [2.24, 2.45) is 0 Å². The van der Waals surface area contributed by atoms with Crippen molar-refractivity contribution in [1.82, 2.24) is 0 Å². The third-order valence-electron chi connectivity index (χ3n) is 12.4. The second-order valence-corrected chi connectivity index (χ2v) is 17.7. The molecule has 0 unspecified atom stereocenters. The first-order valence-corrected chi connectivity index (χ1v) is 21.9. The van der Waals surface area contributed by atoms with E-state index in [1.54, 1.807) is 22.3 Å². The van der Waals surface area contributed by atoms with Gasteiger partial charge in [-0.2, -0.15) is 0 Å². The standard InChI is InChI=1S/C50H54S2/c1-5-9-29-49(30-10-6-2)41-19-15-13-17-37(41)39-23-21-35(33-43(39)49)45-25-27-47(51-45)48-28-26-46(52-48)36-22-24-40-38-18-14-16-20-42(38)50(31-11-7-3,32-12-8-4)44(40)34-36/h13-28,33-34H,5-12,29-32H2,1-4H3. The van der Waals surface area contributed by atoms with Gasteiger partial charge in [-0.25, -0.2) is 0 Å². The molecule has 266 valence electrons. The zero-order chi connectivity index (χ0) is 35.7. The van der Waals surface area contributed by atoms with Gasteiger partial charge in [-0.1, -0.05) is 152 Å². The van der Waals surface area contributed by atoms with Gasteiger partial charge in [0.05, 0.1) is 0 Å². The second kappa shape index (κ2) is 15.0. The highest BCUT2D eigenvalue weighted by atomic mass is 32.1. The largest absolute Gasteiger partial charge is 0.134 e. The molecular weight excluding hydrogens is 665 g/mol. The van der Waals surface area contributed by atoms with Gasteiger partial charge in [-0.05, 0) is 118 Å². The number of rotatable bonds is 15. The molecule has 0 atom stereocenters. The molecule has 2 heteroatoms. The van der Waals surface area contributed by atoms with E-state index in [1.165, 1.54) is 130 Å². The molecule has 0 saturated heterocycles. The van der Waals surface area contributed by atoms with E-state index in [0.717, 1.165) is 0 Å². The maximum absolute atomic E-state index is 2.57. The highest BCUT2D eigenvalue weighted by molar-refractivity contribution is 7.25. The average molecular weight is 719 g/mol. The zero-order valence-corrected chi connectivity index (χ0v) is 33.3. The number of benzene rings is 4. The van der Waals surface area contributed by atoms with Crippen LogP contribution in [-0.2, 0) is 10.8 Å². The first-order valence-electron chi connectivity index (χ1n) is 20.3. The maximum atomic E-state index is 2.57. The Morgan fingerprint density at radius 3 is 1.10 bits per heavy atom. The van der Waals surface area contributed by atoms with E-state index < -0.39 is 0 Å². The normalized spacial score (nSPS) is 14.6. The molecule has 0 bridgehead atoms. The molecule has 2 aromatic heterocycles. The molecule has 0 aliphatic heterocycles. The zero-order valence-electron chi connectivity index (χ0n) is 31.7. The number of thiophene rings is 2. The summed E-state index contributed by atoms with van der Waals surface area (Å²) in [6.45, 7) is 9.36. The van der Waals surface area contributed by atoms with Crippen molar-refractivity contribution in [3.63, 3.8) is 0 Å². The molecule has 2 aliphatic carbocycles. The molecule has 6 aromatic rings. The van der Waals surface area contributed by atoms with Gasteiger partial charge in [0.1, 0.15) is 0 Å². The molecule has 2 aliphatic rings. The third-order valence-corrected chi connectivity index (χ3v) is 14.9. The van der Waals surface area contributed by atoms with Crippen molar-refractivity contribution in [3.8, 4) is 52.9 Å². The Kier molecular flexibility index (Phi) is 10.2. The van der Waals surface area contributed by atoms with Gasteiger partial charge in [-0.3, -0.25) is 0 Å². The minimum atomic E-state index is 0.124. The first-order chi connectivity index (χ1) is 25.6. The van der Waals surface area contributed by atoms with Crippen LogP contribution < -0.4 is 0 Å². The Labute approximate surface area is 321 Å². The van der Waals surface area contributed by atoms with Crippen LogP contribution in [0.3, 0.4) is 0 Å². The predicted octanol–water partition coefficient (Wildman–Crippen LogP) is 16.1. The van der Waals surface area contributed by atoms with Crippen molar-refractivity contribution >= 4 is 22.7 Å². The van der Waals surface area contributed by atoms with Crippen molar-refractivity contribution < 1.29 is 0 Å². The van der Waals surface area contributed by atoms with Crippen molar-refractivity contribution in [3.05, 3.63) is 131 Å². The third kappa shape index (κ3) is 5.95. The topological polar surface area (TPSA) is 0 Å². The summed E-state index contributed by atoms with van der Waals surface area (Å²) in [5, 5.41) is 0. The van der Waals surface area contributed by atoms with Crippen molar-refractivity contribution in [2.75, 3.05) is 0 Å². The summed E-state index contributed by atoms with van der Waals surface area (Å²) < 4.78 is 0. The summed E-state index contributed by atoms with van der Waals surface area (Å²) >= 11 is 3.91. The minimum absolute atomic E-state index is 0.124. The fourth-order valence-corrected chi connectivity index (χ4v) is 11.8. The fraction of sp³-hybridized carbons (Fsp3) is 0.360. The Hall–Kier alpha value is -3.72. The minimum Gasteiger partial charge on any atom is -0.134 e. The molecular formula is C50H54S2. The molecule has 0 spiro atoms. The van der Waals surface area contributed by atoms with E-state index in [0.29, 0.717) is 0 Å². The molecule has 4 aromatic carbocycles. The lowest BCUT2D eigenvalue weighted by molar-refractivity contribution is 0.414. The van der Waals surface area contributed by atoms with Gasteiger partial charge in [0.25, 0.3) is 0 Å². The van der Waals surface area contributed by atoms with E-state index in [9.17, 15) is 0 Å². The van der Waals surface area contributed by atoms with E-state index in [-0.39, 0.29) is 10.8 Å². The smallest absolute Gasteiger partial charge is 0.0449 e. The van der Waals surface area contributed by atoms with Gasteiger partial charge >= 0.3 is 0 Å². The molecule has 0 saturated carbocycles. The molecule has 0 nitrogen and oxygen atoms in total. The molecule has 0 N–H and O–H groups in total. The number of fused-ring (bicyclic) bond motifs is 6. The molecule has 52 heavy (non-hydrogen) atoms. The summed E-state index contributed by atoms with van der Waals surface area (Å²) in [5.41, 5.74) is 15.1. The predicted molar refractivity (Wildman–Crippen MR) is 229 cm³/mol. The van der Waals surface area contributed by atoms with E-state index in [2.05, 4.69) is 137 Å². The van der Waals surface area contributed by atoms with Crippen LogP contribution in [0.1, 0.15) is 127 Å². The van der Waals surface area contributed by atoms with Crippen molar-refractivity contribution in [2.45, 2.75) is 116 Å². The summed E-state index contributed by atoms with van der Waals surface area (Å²) in [5.74, 6) is 0. The van der Waals surface area contributed by atoms with Crippen LogP contribution in [-0.4, -0.2) is 0 Å². The number of hydrogen-bond acceptors (Lipinski definition) is 2. The lowest BCUT2D eigenvalue weighted by Crippen LogP contribution is -2.25. The van der Waals surface area contributed by atoms with Crippen molar-refractivity contribution in [1.29, 1.82) is 0 Å².